The fourth-order valence-corrected chi connectivity index (χ4v) is 5.46. The van der Waals surface area contributed by atoms with Gasteiger partial charge in [0.1, 0.15) is 5.75 Å². The van der Waals surface area contributed by atoms with Crippen LogP contribution in [0.1, 0.15) is 18.1 Å². The summed E-state index contributed by atoms with van der Waals surface area (Å²) >= 11 is 0. The lowest BCUT2D eigenvalue weighted by Gasteiger charge is -2.20. The van der Waals surface area contributed by atoms with Crippen molar-refractivity contribution < 1.29 is 13.2 Å². The predicted molar refractivity (Wildman–Crippen MR) is 129 cm³/mol. The van der Waals surface area contributed by atoms with E-state index in [1.807, 2.05) is 36.7 Å². The van der Waals surface area contributed by atoms with Gasteiger partial charge in [-0.1, -0.05) is 25.1 Å². The van der Waals surface area contributed by atoms with Crippen LogP contribution in [-0.2, 0) is 16.3 Å². The van der Waals surface area contributed by atoms with E-state index in [4.69, 9.17) is 4.74 Å². The second-order valence-electron chi connectivity index (χ2n) is 9.23. The third-order valence-corrected chi connectivity index (χ3v) is 8.10. The number of rotatable bonds is 7. The zero-order valence-electron chi connectivity index (χ0n) is 19.2. The Hall–Kier alpha value is -2.93. The largest absolute Gasteiger partial charge is 0.493 e. The number of nitrogens with zero attached hydrogens (tertiary/aromatic N) is 3. The Kier molecular flexibility index (Phi) is 5.60. The van der Waals surface area contributed by atoms with Crippen molar-refractivity contribution in [3.8, 4) is 16.9 Å². The summed E-state index contributed by atoms with van der Waals surface area (Å²) < 4.78 is 29.5. The lowest BCUT2D eigenvalue weighted by Crippen LogP contribution is -2.27. The number of hydrogen-bond donors (Lipinski definition) is 0. The molecule has 1 saturated heterocycles. The Labute approximate surface area is 195 Å². The Morgan fingerprint density at radius 1 is 1.00 bits per heavy atom. The second-order valence-corrected chi connectivity index (χ2v) is 11.2. The third kappa shape index (κ3) is 4.47. The molecular formula is C26H29N3O3S. The van der Waals surface area contributed by atoms with E-state index in [1.54, 1.807) is 12.1 Å². The summed E-state index contributed by atoms with van der Waals surface area (Å²) in [5.41, 5.74) is 4.29. The molecule has 172 valence electrons. The van der Waals surface area contributed by atoms with E-state index >= 15 is 0 Å². The number of anilines is 1. The minimum Gasteiger partial charge on any atom is -0.493 e. The Morgan fingerprint density at radius 3 is 2.21 bits per heavy atom. The van der Waals surface area contributed by atoms with Crippen LogP contribution >= 0.6 is 0 Å². The van der Waals surface area contributed by atoms with Crippen molar-refractivity contribution in [1.82, 2.24) is 9.97 Å². The average Bonchev–Trinajstić information content (AvgIpc) is 3.26. The van der Waals surface area contributed by atoms with Crippen LogP contribution in [0.4, 0.5) is 5.95 Å². The fourth-order valence-electron chi connectivity index (χ4n) is 4.83. The van der Waals surface area contributed by atoms with Gasteiger partial charge in [0.15, 0.2) is 9.84 Å². The molecule has 1 unspecified atom stereocenters. The Bertz CT molecular complexity index is 1240. The number of sulfone groups is 1. The van der Waals surface area contributed by atoms with Gasteiger partial charge in [0.25, 0.3) is 0 Å². The van der Waals surface area contributed by atoms with E-state index in [1.165, 1.54) is 11.8 Å². The van der Waals surface area contributed by atoms with E-state index in [0.29, 0.717) is 22.6 Å². The highest BCUT2D eigenvalue weighted by molar-refractivity contribution is 7.90. The maximum Gasteiger partial charge on any atom is 0.225 e. The molecule has 2 heterocycles. The summed E-state index contributed by atoms with van der Waals surface area (Å²) in [6.45, 7) is 6.91. The van der Waals surface area contributed by atoms with Crippen LogP contribution in [0.15, 0.2) is 59.8 Å². The first-order chi connectivity index (χ1) is 15.8. The Balaban J connectivity index is 1.16. The van der Waals surface area contributed by atoms with Crippen LogP contribution < -0.4 is 9.64 Å². The van der Waals surface area contributed by atoms with Gasteiger partial charge in [0.05, 0.1) is 11.5 Å². The minimum absolute atomic E-state index is 0.334. The van der Waals surface area contributed by atoms with Gasteiger partial charge in [-0.15, -0.1) is 0 Å². The molecule has 0 amide bonds. The topological polar surface area (TPSA) is 72.4 Å². The molecule has 7 heteroatoms. The van der Waals surface area contributed by atoms with Crippen LogP contribution in [0, 0.1) is 24.7 Å². The number of aryl methyl sites for hydroxylation is 2. The number of fused-ring (bicyclic) bond motifs is 1. The highest BCUT2D eigenvalue weighted by Crippen LogP contribution is 2.52. The predicted octanol–water partition coefficient (Wildman–Crippen LogP) is 4.18. The van der Waals surface area contributed by atoms with E-state index in [-0.39, 0.29) is 0 Å². The lowest BCUT2D eigenvalue weighted by molar-refractivity contribution is 0.281. The number of hydrogen-bond acceptors (Lipinski definition) is 6. The number of benzene rings is 2. The van der Waals surface area contributed by atoms with Gasteiger partial charge in [-0.2, -0.15) is 0 Å². The summed E-state index contributed by atoms with van der Waals surface area (Å²) in [6, 6.07) is 13.2. The second kappa shape index (κ2) is 8.45. The van der Waals surface area contributed by atoms with Gasteiger partial charge in [-0.25, -0.2) is 18.4 Å². The fraction of sp³-hybridized carbons (Fsp3) is 0.385. The first kappa shape index (κ1) is 21.9. The number of aromatic nitrogens is 2. The summed E-state index contributed by atoms with van der Waals surface area (Å²) in [5, 5.41) is 0. The highest BCUT2D eigenvalue weighted by Gasteiger charge is 2.56. The van der Waals surface area contributed by atoms with Crippen LogP contribution in [0.5, 0.6) is 5.75 Å². The van der Waals surface area contributed by atoms with Crippen molar-refractivity contribution in [2.45, 2.75) is 25.2 Å². The molecule has 6 nitrogen and oxygen atoms in total. The van der Waals surface area contributed by atoms with E-state index in [2.05, 4.69) is 34.8 Å². The standard InChI is InChI=1S/C26H29N3O3S/c1-4-18-12-27-26(28-13-18)29-14-22-23(15-29)24(22)16-32-25-10-7-20(11-17(25)2)19-5-8-21(9-6-19)33(3,30)31/h5-13,22-24H,4,14-16H2,1-3H3/t22-,23+,24?. The molecule has 0 bridgehead atoms. The van der Waals surface area contributed by atoms with E-state index in [9.17, 15) is 8.42 Å². The lowest BCUT2D eigenvalue weighted by atomic mass is 10.0. The van der Waals surface area contributed by atoms with E-state index in [0.717, 1.165) is 54.5 Å². The molecule has 3 aromatic rings. The average molecular weight is 464 g/mol. The van der Waals surface area contributed by atoms with Gasteiger partial charge in [0.2, 0.25) is 5.95 Å². The van der Waals surface area contributed by atoms with Gasteiger partial charge in [0, 0.05) is 37.7 Å². The first-order valence-corrected chi connectivity index (χ1v) is 13.3. The smallest absolute Gasteiger partial charge is 0.225 e. The van der Waals surface area contributed by atoms with Crippen LogP contribution in [-0.4, -0.2) is 44.3 Å². The molecule has 2 fully saturated rings. The summed E-state index contributed by atoms with van der Waals surface area (Å²) in [4.78, 5) is 11.7. The molecular weight excluding hydrogens is 434 g/mol. The molecule has 3 atom stereocenters. The van der Waals surface area contributed by atoms with Gasteiger partial charge < -0.3 is 9.64 Å². The molecule has 1 aromatic heterocycles. The number of ether oxygens (including phenoxy) is 1. The van der Waals surface area contributed by atoms with Crippen molar-refractivity contribution in [3.05, 3.63) is 66.0 Å². The van der Waals surface area contributed by atoms with Crippen LogP contribution in [0.3, 0.4) is 0 Å². The van der Waals surface area contributed by atoms with Gasteiger partial charge in [-0.3, -0.25) is 0 Å². The maximum absolute atomic E-state index is 11.7. The Morgan fingerprint density at radius 2 is 1.64 bits per heavy atom. The number of piperidine rings is 1. The van der Waals surface area contributed by atoms with E-state index < -0.39 is 9.84 Å². The van der Waals surface area contributed by atoms with Crippen LogP contribution in [0.25, 0.3) is 11.1 Å². The molecule has 0 spiro atoms. The molecule has 33 heavy (non-hydrogen) atoms. The third-order valence-electron chi connectivity index (χ3n) is 6.98. The van der Waals surface area contributed by atoms with Crippen LogP contribution in [0.2, 0.25) is 0 Å². The molecule has 1 aliphatic heterocycles. The zero-order chi connectivity index (χ0) is 23.2. The quantitative estimate of drug-likeness (QED) is 0.523. The molecule has 2 aromatic carbocycles. The molecule has 0 radical (unpaired) electrons. The summed E-state index contributed by atoms with van der Waals surface area (Å²) in [6.07, 6.45) is 6.04. The summed E-state index contributed by atoms with van der Waals surface area (Å²) in [5.74, 6) is 3.67. The molecule has 5 rings (SSSR count). The van der Waals surface area contributed by atoms with Gasteiger partial charge in [-0.05, 0) is 71.7 Å². The van der Waals surface area contributed by atoms with Crippen molar-refractivity contribution >= 4 is 15.8 Å². The van der Waals surface area contributed by atoms with Crippen molar-refractivity contribution in [1.29, 1.82) is 0 Å². The maximum atomic E-state index is 11.7. The summed E-state index contributed by atoms with van der Waals surface area (Å²) in [7, 11) is -3.19. The van der Waals surface area contributed by atoms with Crippen molar-refractivity contribution in [2.24, 2.45) is 17.8 Å². The normalized spacial score (nSPS) is 21.7. The first-order valence-electron chi connectivity index (χ1n) is 11.4. The van der Waals surface area contributed by atoms with Crippen molar-refractivity contribution in [2.75, 3.05) is 30.9 Å². The molecule has 0 N–H and O–H groups in total. The SMILES string of the molecule is CCc1cnc(N2C[C@@H]3C(COc4ccc(-c5ccc(S(C)(=O)=O)cc5)cc4C)[C@@H]3C2)nc1. The molecule has 1 saturated carbocycles. The molecule has 2 aliphatic rings. The monoisotopic (exact) mass is 463 g/mol. The minimum atomic E-state index is -3.19. The zero-order valence-corrected chi connectivity index (χ0v) is 20.0. The molecule has 1 aliphatic carbocycles. The van der Waals surface area contributed by atoms with Gasteiger partial charge >= 0.3 is 0 Å². The van der Waals surface area contributed by atoms with Crippen molar-refractivity contribution in [3.63, 3.8) is 0 Å². The highest BCUT2D eigenvalue weighted by atomic mass is 32.2.